The van der Waals surface area contributed by atoms with E-state index >= 15 is 0 Å². The number of carbonyl (C=O) groups excluding carboxylic acids is 1. The van der Waals surface area contributed by atoms with Crippen LogP contribution in [0.4, 0.5) is 0 Å². The lowest BCUT2D eigenvalue weighted by atomic mass is 10.1. The molecule has 0 spiro atoms. The van der Waals surface area contributed by atoms with Crippen molar-refractivity contribution in [1.82, 2.24) is 0 Å². The normalized spacial score (nSPS) is 27.1. The van der Waals surface area contributed by atoms with Crippen molar-refractivity contribution in [3.05, 3.63) is 46.5 Å². The van der Waals surface area contributed by atoms with Gasteiger partial charge in [0.05, 0.1) is 7.55 Å². The Hall–Kier alpha value is -1.73. The predicted octanol–water partition coefficient (Wildman–Crippen LogP) is 1.08. The maximum atomic E-state index is 12.3. The smallest absolute Gasteiger partial charge is 0.306 e. The van der Waals surface area contributed by atoms with Crippen molar-refractivity contribution in [2.75, 3.05) is 6.18 Å². The maximum absolute atomic E-state index is 12.3. The molecule has 1 heterocycles. The number of nitrogens with two attached hydrogens (primary N) is 1. The zero-order valence-electron chi connectivity index (χ0n) is 13.2. The summed E-state index contributed by atoms with van der Waals surface area (Å²) < 4.78 is 60.9. The third-order valence-electron chi connectivity index (χ3n) is 2.15. The van der Waals surface area contributed by atoms with Gasteiger partial charge in [0.15, 0.2) is 6.08 Å². The van der Waals surface area contributed by atoms with Crippen molar-refractivity contribution in [2.45, 2.75) is 6.08 Å². The zero-order chi connectivity index (χ0) is 17.6. The summed E-state index contributed by atoms with van der Waals surface area (Å²) in [5.74, 6) is -3.09. The second kappa shape index (κ2) is 4.75. The quantitative estimate of drug-likeness (QED) is 0.840. The van der Waals surface area contributed by atoms with Gasteiger partial charge in [0.25, 0.3) is 0 Å². The van der Waals surface area contributed by atoms with E-state index in [4.69, 9.17) is 27.6 Å². The first-order valence-electron chi connectivity index (χ1n) is 6.82. The molecule has 2 rings (SSSR count). The number of benzene rings is 1. The second-order valence-corrected chi connectivity index (χ2v) is 5.01. The van der Waals surface area contributed by atoms with E-state index in [1.807, 2.05) is 0 Å². The summed E-state index contributed by atoms with van der Waals surface area (Å²) in [5, 5.41) is 0.338. The Balaban J connectivity index is 2.37. The summed E-state index contributed by atoms with van der Waals surface area (Å²) in [7, 11) is -5.13. The summed E-state index contributed by atoms with van der Waals surface area (Å²) in [6, 6.07) is 5.39. The van der Waals surface area contributed by atoms with Gasteiger partial charge in [-0.1, -0.05) is 23.7 Å². The molecule has 1 atom stereocenters. The predicted molar refractivity (Wildman–Crippen MR) is 67.4 cm³/mol. The third kappa shape index (κ3) is 2.99. The van der Waals surface area contributed by atoms with Gasteiger partial charge in [-0.15, -0.1) is 0 Å². The van der Waals surface area contributed by atoms with Crippen LogP contribution in [-0.4, -0.2) is 20.4 Å². The van der Waals surface area contributed by atoms with Crippen LogP contribution in [0.1, 0.15) is 17.1 Å². The SMILES string of the molecule is [2H]C1(c2ccc(Cl)cc2)OC(N)=C(OS(=O)(=O)C([2H])([2H])[2H])C1=O. The van der Waals surface area contributed by atoms with Gasteiger partial charge in [0, 0.05) is 14.7 Å². The van der Waals surface area contributed by atoms with Crippen molar-refractivity contribution in [3.8, 4) is 0 Å². The minimum atomic E-state index is -5.13. The first-order chi connectivity index (χ1) is 10.4. The van der Waals surface area contributed by atoms with E-state index in [9.17, 15) is 13.2 Å². The number of rotatable bonds is 3. The summed E-state index contributed by atoms with van der Waals surface area (Å²) in [6.45, 7) is 0. The number of hydrogen-bond acceptors (Lipinski definition) is 6. The molecule has 102 valence electrons. The fourth-order valence-corrected chi connectivity index (χ4v) is 1.90. The molecule has 0 radical (unpaired) electrons. The molecule has 6 nitrogen and oxygen atoms in total. The number of ether oxygens (including phenoxy) is 1. The lowest BCUT2D eigenvalue weighted by Crippen LogP contribution is -2.14. The van der Waals surface area contributed by atoms with Crippen LogP contribution in [0, 0.1) is 0 Å². The minimum absolute atomic E-state index is 0.0136. The number of carbonyl (C=O) groups is 1. The zero-order valence-corrected chi connectivity index (χ0v) is 10.8. The number of hydrogen-bond donors (Lipinski definition) is 1. The molecule has 0 aromatic heterocycles. The van der Waals surface area contributed by atoms with Crippen LogP contribution in [0.3, 0.4) is 0 Å². The van der Waals surface area contributed by atoms with E-state index in [0.717, 1.165) is 0 Å². The molecule has 2 N–H and O–H groups in total. The Kier molecular flexibility index (Phi) is 2.30. The van der Waals surface area contributed by atoms with Crippen LogP contribution in [0.25, 0.3) is 0 Å². The minimum Gasteiger partial charge on any atom is -0.460 e. The molecular formula is C11H10ClNO5S. The van der Waals surface area contributed by atoms with Crippen LogP contribution in [-0.2, 0) is 23.8 Å². The molecule has 1 unspecified atom stereocenters. The van der Waals surface area contributed by atoms with Gasteiger partial charge in [-0.3, -0.25) is 4.79 Å². The fraction of sp³-hybridized carbons (Fsp3) is 0.182. The van der Waals surface area contributed by atoms with Crippen LogP contribution >= 0.6 is 11.6 Å². The number of Topliss-reactive ketones (excluding diaryl/α,β-unsaturated/α-hetero) is 1. The Morgan fingerprint density at radius 1 is 1.47 bits per heavy atom. The molecule has 1 aliphatic rings. The van der Waals surface area contributed by atoms with Gasteiger partial charge >= 0.3 is 10.1 Å². The molecular weight excluding hydrogens is 294 g/mol. The van der Waals surface area contributed by atoms with Crippen molar-refractivity contribution in [2.24, 2.45) is 5.73 Å². The highest BCUT2D eigenvalue weighted by molar-refractivity contribution is 7.86. The highest BCUT2D eigenvalue weighted by Crippen LogP contribution is 2.32. The Labute approximate surface area is 120 Å². The van der Waals surface area contributed by atoms with E-state index < -0.39 is 39.8 Å². The van der Waals surface area contributed by atoms with Crippen LogP contribution in [0.15, 0.2) is 35.9 Å². The van der Waals surface area contributed by atoms with E-state index in [-0.39, 0.29) is 5.56 Å². The standard InChI is InChI=1S/C11H10ClNO5S/c1-19(15,16)18-10-8(14)9(17-11(10)13)6-2-4-7(12)5-3-6/h2-5,9H,13H2,1H3/i1D3,9D. The van der Waals surface area contributed by atoms with E-state index in [0.29, 0.717) is 5.02 Å². The molecule has 0 saturated heterocycles. The first kappa shape index (κ1) is 9.22. The second-order valence-electron chi connectivity index (χ2n) is 3.50. The monoisotopic (exact) mass is 307 g/mol. The van der Waals surface area contributed by atoms with Gasteiger partial charge in [-0.05, 0) is 12.1 Å². The molecule has 8 heteroatoms. The third-order valence-corrected chi connectivity index (χ3v) is 2.79. The van der Waals surface area contributed by atoms with Gasteiger partial charge in [-0.2, -0.15) is 8.42 Å². The van der Waals surface area contributed by atoms with Gasteiger partial charge < -0.3 is 14.7 Å². The summed E-state index contributed by atoms with van der Waals surface area (Å²) in [4.78, 5) is 12.3. The van der Waals surface area contributed by atoms with E-state index in [1.165, 1.54) is 24.3 Å². The highest BCUT2D eigenvalue weighted by Gasteiger charge is 2.38. The molecule has 0 fully saturated rings. The van der Waals surface area contributed by atoms with Crippen LogP contribution in [0.2, 0.25) is 5.02 Å². The molecule has 1 aromatic rings. The van der Waals surface area contributed by atoms with Gasteiger partial charge in [0.1, 0.15) is 0 Å². The largest absolute Gasteiger partial charge is 0.460 e. The lowest BCUT2D eigenvalue weighted by Gasteiger charge is -2.09. The average Bonchev–Trinajstić information content (AvgIpc) is 2.62. The lowest BCUT2D eigenvalue weighted by molar-refractivity contribution is -0.123. The van der Waals surface area contributed by atoms with Crippen LogP contribution < -0.4 is 5.73 Å². The molecule has 0 saturated carbocycles. The molecule has 1 aromatic carbocycles. The number of halogens is 1. The Morgan fingerprint density at radius 3 is 2.68 bits per heavy atom. The van der Waals surface area contributed by atoms with Crippen molar-refractivity contribution in [3.63, 3.8) is 0 Å². The van der Waals surface area contributed by atoms with Gasteiger partial charge in [-0.25, -0.2) is 0 Å². The van der Waals surface area contributed by atoms with E-state index in [1.54, 1.807) is 0 Å². The molecule has 0 amide bonds. The van der Waals surface area contributed by atoms with E-state index in [2.05, 4.69) is 4.18 Å². The molecule has 1 aliphatic heterocycles. The molecule has 19 heavy (non-hydrogen) atoms. The Morgan fingerprint density at radius 2 is 2.11 bits per heavy atom. The fourth-order valence-electron chi connectivity index (χ4n) is 1.40. The van der Waals surface area contributed by atoms with Gasteiger partial charge in [0.2, 0.25) is 17.4 Å². The Bertz CT molecular complexity index is 790. The van der Waals surface area contributed by atoms with Crippen molar-refractivity contribution >= 4 is 27.5 Å². The van der Waals surface area contributed by atoms with Crippen LogP contribution in [0.5, 0.6) is 0 Å². The molecule has 0 bridgehead atoms. The molecule has 0 aliphatic carbocycles. The first-order valence-corrected chi connectivity index (χ1v) is 6.61. The highest BCUT2D eigenvalue weighted by atomic mass is 35.5. The topological polar surface area (TPSA) is 95.7 Å². The summed E-state index contributed by atoms with van der Waals surface area (Å²) in [5.41, 5.74) is 5.39. The number of ketones is 1. The van der Waals surface area contributed by atoms with Crippen molar-refractivity contribution in [1.29, 1.82) is 0 Å². The van der Waals surface area contributed by atoms with Crippen molar-refractivity contribution < 1.29 is 27.6 Å². The summed E-state index contributed by atoms with van der Waals surface area (Å²) >= 11 is 5.71. The maximum Gasteiger partial charge on any atom is 0.306 e. The summed E-state index contributed by atoms with van der Waals surface area (Å²) in [6.07, 6.45) is -5.91. The average molecular weight is 308 g/mol.